The molecule has 0 atom stereocenters. The van der Waals surface area contributed by atoms with E-state index in [2.05, 4.69) is 6.92 Å². The summed E-state index contributed by atoms with van der Waals surface area (Å²) in [6, 6.07) is 12.9. The summed E-state index contributed by atoms with van der Waals surface area (Å²) in [4.78, 5) is 24.7. The van der Waals surface area contributed by atoms with Crippen LogP contribution in [0.5, 0.6) is 5.75 Å². The first-order valence-corrected chi connectivity index (χ1v) is 9.23. The number of hydrogen-bond donors (Lipinski definition) is 0. The fourth-order valence-corrected chi connectivity index (χ4v) is 2.58. The highest BCUT2D eigenvalue weighted by Gasteiger charge is 2.19. The van der Waals surface area contributed by atoms with E-state index in [4.69, 9.17) is 21.1 Å². The second-order valence-electron chi connectivity index (χ2n) is 5.94. The lowest BCUT2D eigenvalue weighted by atomic mass is 10.1. The molecular formula is C21H23ClO4. The average molecular weight is 375 g/mol. The molecule has 26 heavy (non-hydrogen) atoms. The molecule has 5 heteroatoms. The Bertz CT molecular complexity index is 725. The van der Waals surface area contributed by atoms with Crippen molar-refractivity contribution in [3.8, 4) is 5.75 Å². The molecule has 0 bridgehead atoms. The summed E-state index contributed by atoms with van der Waals surface area (Å²) < 4.78 is 10.6. The molecule has 0 spiro atoms. The van der Waals surface area contributed by atoms with Crippen LogP contribution in [-0.4, -0.2) is 18.5 Å². The van der Waals surface area contributed by atoms with E-state index in [-0.39, 0.29) is 11.1 Å². The van der Waals surface area contributed by atoms with Crippen molar-refractivity contribution in [3.05, 3.63) is 64.7 Å². The summed E-state index contributed by atoms with van der Waals surface area (Å²) in [5.74, 6) is -0.759. The van der Waals surface area contributed by atoms with E-state index >= 15 is 0 Å². The second-order valence-corrected chi connectivity index (χ2v) is 6.38. The van der Waals surface area contributed by atoms with Gasteiger partial charge in [0.1, 0.15) is 5.75 Å². The van der Waals surface area contributed by atoms with Gasteiger partial charge in [-0.15, -0.1) is 0 Å². The fraction of sp³-hybridized carbons (Fsp3) is 0.333. The van der Waals surface area contributed by atoms with E-state index in [1.165, 1.54) is 12.8 Å². The van der Waals surface area contributed by atoms with Crippen LogP contribution in [0.25, 0.3) is 0 Å². The number of unbranched alkanes of at least 4 members (excludes halogenated alkanes) is 4. The van der Waals surface area contributed by atoms with Crippen molar-refractivity contribution in [2.45, 2.75) is 39.0 Å². The zero-order valence-corrected chi connectivity index (χ0v) is 15.6. The fourth-order valence-electron chi connectivity index (χ4n) is 2.45. The average Bonchev–Trinajstić information content (AvgIpc) is 2.66. The molecule has 2 rings (SSSR count). The molecule has 0 heterocycles. The first-order chi connectivity index (χ1) is 12.6. The van der Waals surface area contributed by atoms with Gasteiger partial charge in [0.05, 0.1) is 17.7 Å². The van der Waals surface area contributed by atoms with Crippen LogP contribution < -0.4 is 4.74 Å². The molecule has 0 saturated heterocycles. The lowest BCUT2D eigenvalue weighted by molar-refractivity contribution is 0.0489. The van der Waals surface area contributed by atoms with Gasteiger partial charge in [-0.1, -0.05) is 56.3 Å². The summed E-state index contributed by atoms with van der Waals surface area (Å²) in [5.41, 5.74) is 0.387. The molecule has 0 aliphatic heterocycles. The van der Waals surface area contributed by atoms with Gasteiger partial charge >= 0.3 is 11.9 Å². The smallest absolute Gasteiger partial charge is 0.344 e. The molecule has 2 aromatic rings. The minimum Gasteiger partial charge on any atom is -0.462 e. The van der Waals surface area contributed by atoms with Gasteiger partial charge in [0.25, 0.3) is 0 Å². The number of ether oxygens (including phenoxy) is 2. The maximum atomic E-state index is 12.4. The third-order valence-corrected chi connectivity index (χ3v) is 4.12. The topological polar surface area (TPSA) is 52.6 Å². The first-order valence-electron chi connectivity index (χ1n) is 8.85. The number of hydrogen-bond acceptors (Lipinski definition) is 4. The maximum absolute atomic E-state index is 12.4. The third kappa shape index (κ3) is 6.19. The molecule has 4 nitrogen and oxygen atoms in total. The second kappa shape index (κ2) is 10.6. The molecular weight excluding hydrogens is 352 g/mol. The molecule has 0 unspecified atom stereocenters. The van der Waals surface area contributed by atoms with Crippen molar-refractivity contribution in [1.29, 1.82) is 0 Å². The minimum atomic E-state index is -0.609. The number of carbonyl (C=O) groups is 2. The van der Waals surface area contributed by atoms with E-state index in [1.807, 2.05) is 0 Å². The first kappa shape index (κ1) is 20.0. The molecule has 0 amide bonds. The predicted octanol–water partition coefficient (Wildman–Crippen LogP) is 5.69. The Labute approximate surface area is 159 Å². The van der Waals surface area contributed by atoms with Gasteiger partial charge in [-0.3, -0.25) is 0 Å². The van der Waals surface area contributed by atoms with Crippen LogP contribution in [0.2, 0.25) is 5.02 Å². The van der Waals surface area contributed by atoms with Crippen molar-refractivity contribution < 1.29 is 19.1 Å². The Kier molecular flexibility index (Phi) is 8.16. The number of halogens is 1. The Morgan fingerprint density at radius 3 is 2.12 bits per heavy atom. The molecule has 0 saturated carbocycles. The van der Waals surface area contributed by atoms with Crippen molar-refractivity contribution >= 4 is 23.5 Å². The van der Waals surface area contributed by atoms with Gasteiger partial charge in [0.15, 0.2) is 0 Å². The van der Waals surface area contributed by atoms with E-state index in [0.717, 1.165) is 19.3 Å². The molecule has 0 aromatic heterocycles. The van der Waals surface area contributed by atoms with Gasteiger partial charge in [-0.25, -0.2) is 9.59 Å². The largest absolute Gasteiger partial charge is 0.462 e. The molecule has 0 radical (unpaired) electrons. The van der Waals surface area contributed by atoms with Gasteiger partial charge < -0.3 is 9.47 Å². The lowest BCUT2D eigenvalue weighted by Crippen LogP contribution is -2.16. The van der Waals surface area contributed by atoms with Crippen LogP contribution in [0.3, 0.4) is 0 Å². The summed E-state index contributed by atoms with van der Waals surface area (Å²) in [5, 5.41) is 0.549. The summed E-state index contributed by atoms with van der Waals surface area (Å²) in [6.07, 6.45) is 5.35. The number of benzene rings is 2. The number of rotatable bonds is 9. The SMILES string of the molecule is CCCCCCCOC(=O)c1ccccc1C(=O)Oc1ccc(Cl)cc1. The van der Waals surface area contributed by atoms with Crippen LogP contribution in [0.15, 0.2) is 48.5 Å². The van der Waals surface area contributed by atoms with Crippen LogP contribution in [0.4, 0.5) is 0 Å². The van der Waals surface area contributed by atoms with E-state index in [1.54, 1.807) is 48.5 Å². The summed E-state index contributed by atoms with van der Waals surface area (Å²) in [7, 11) is 0. The molecule has 0 aliphatic rings. The highest BCUT2D eigenvalue weighted by molar-refractivity contribution is 6.30. The monoisotopic (exact) mass is 374 g/mol. The maximum Gasteiger partial charge on any atom is 0.344 e. The Morgan fingerprint density at radius 1 is 0.846 bits per heavy atom. The van der Waals surface area contributed by atoms with Gasteiger partial charge in [-0.2, -0.15) is 0 Å². The van der Waals surface area contributed by atoms with Crippen LogP contribution in [0, 0.1) is 0 Å². The summed E-state index contributed by atoms with van der Waals surface area (Å²) >= 11 is 5.82. The Hall–Kier alpha value is -2.33. The van der Waals surface area contributed by atoms with E-state index < -0.39 is 11.9 Å². The lowest BCUT2D eigenvalue weighted by Gasteiger charge is -2.10. The normalized spacial score (nSPS) is 10.4. The van der Waals surface area contributed by atoms with Crippen molar-refractivity contribution in [1.82, 2.24) is 0 Å². The van der Waals surface area contributed by atoms with Crippen LogP contribution in [0.1, 0.15) is 59.7 Å². The van der Waals surface area contributed by atoms with E-state index in [0.29, 0.717) is 17.4 Å². The van der Waals surface area contributed by atoms with Gasteiger partial charge in [0, 0.05) is 5.02 Å². The summed E-state index contributed by atoms with van der Waals surface area (Å²) in [6.45, 7) is 2.50. The molecule has 0 fully saturated rings. The van der Waals surface area contributed by atoms with Crippen LogP contribution >= 0.6 is 11.6 Å². The zero-order chi connectivity index (χ0) is 18.8. The highest BCUT2D eigenvalue weighted by Crippen LogP contribution is 2.19. The van der Waals surface area contributed by atoms with E-state index in [9.17, 15) is 9.59 Å². The number of esters is 2. The predicted molar refractivity (Wildman–Crippen MR) is 102 cm³/mol. The standard InChI is InChI=1S/C21H23ClO4/c1-2-3-4-5-8-15-25-20(23)18-9-6-7-10-19(18)21(24)26-17-13-11-16(22)12-14-17/h6-7,9-14H,2-5,8,15H2,1H3. The molecule has 2 aromatic carbocycles. The van der Waals surface area contributed by atoms with Crippen molar-refractivity contribution in [2.24, 2.45) is 0 Å². The van der Waals surface area contributed by atoms with Crippen LogP contribution in [-0.2, 0) is 4.74 Å². The Balaban J connectivity index is 1.96. The number of carbonyl (C=O) groups excluding carboxylic acids is 2. The molecule has 138 valence electrons. The Morgan fingerprint density at radius 2 is 1.46 bits per heavy atom. The molecule has 0 N–H and O–H groups in total. The highest BCUT2D eigenvalue weighted by atomic mass is 35.5. The molecule has 0 aliphatic carbocycles. The van der Waals surface area contributed by atoms with Crippen molar-refractivity contribution in [2.75, 3.05) is 6.61 Å². The van der Waals surface area contributed by atoms with Crippen molar-refractivity contribution in [3.63, 3.8) is 0 Å². The van der Waals surface area contributed by atoms with Gasteiger partial charge in [-0.05, 0) is 42.8 Å². The minimum absolute atomic E-state index is 0.179. The zero-order valence-electron chi connectivity index (χ0n) is 14.9. The van der Waals surface area contributed by atoms with Gasteiger partial charge in [0.2, 0.25) is 0 Å². The quantitative estimate of drug-likeness (QED) is 0.321. The third-order valence-electron chi connectivity index (χ3n) is 3.87.